The van der Waals surface area contributed by atoms with Gasteiger partial charge in [-0.15, -0.1) is 0 Å². The highest BCUT2D eigenvalue weighted by Gasteiger charge is 2.43. The maximum Gasteiger partial charge on any atom is 0.163 e. The van der Waals surface area contributed by atoms with Crippen molar-refractivity contribution in [2.24, 2.45) is 0 Å². The van der Waals surface area contributed by atoms with Crippen LogP contribution in [0.2, 0.25) is 0 Å². The summed E-state index contributed by atoms with van der Waals surface area (Å²) >= 11 is 0. The van der Waals surface area contributed by atoms with Crippen molar-refractivity contribution in [2.75, 3.05) is 13.2 Å². The van der Waals surface area contributed by atoms with Crippen molar-refractivity contribution in [3.63, 3.8) is 0 Å². The topological polar surface area (TPSA) is 58.8 Å². The van der Waals surface area contributed by atoms with Crippen molar-refractivity contribution in [2.45, 2.75) is 19.3 Å². The molecule has 0 spiro atoms. The second-order valence-corrected chi connectivity index (χ2v) is 5.25. The van der Waals surface area contributed by atoms with Gasteiger partial charge in [-0.2, -0.15) is 5.26 Å². The Morgan fingerprint density at radius 1 is 1.20 bits per heavy atom. The lowest BCUT2D eigenvalue weighted by Gasteiger charge is -2.33. The molecule has 1 aromatic heterocycles. The van der Waals surface area contributed by atoms with Crippen LogP contribution in [-0.4, -0.2) is 23.2 Å². The molecule has 0 amide bonds. The van der Waals surface area contributed by atoms with Gasteiger partial charge in [-0.1, -0.05) is 12.1 Å². The Morgan fingerprint density at radius 2 is 2.00 bits per heavy atom. The van der Waals surface area contributed by atoms with E-state index in [0.29, 0.717) is 19.0 Å². The standard InChI is InChI=1S/C16H15N3O/c1-11-3-4-13(7-12(11)2)14-5-6-18-15(19-14)16(8-17)9-20-10-16/h3-7H,9-10H2,1-2H3. The van der Waals surface area contributed by atoms with Gasteiger partial charge in [0, 0.05) is 11.8 Å². The molecular formula is C16H15N3O. The number of aromatic nitrogens is 2. The largest absolute Gasteiger partial charge is 0.377 e. The fourth-order valence-electron chi connectivity index (χ4n) is 2.20. The minimum absolute atomic E-state index is 0.375. The Morgan fingerprint density at radius 3 is 2.60 bits per heavy atom. The van der Waals surface area contributed by atoms with E-state index in [1.165, 1.54) is 11.1 Å². The molecule has 1 aromatic carbocycles. The molecule has 0 aliphatic carbocycles. The van der Waals surface area contributed by atoms with Gasteiger partial charge < -0.3 is 4.74 Å². The highest BCUT2D eigenvalue weighted by atomic mass is 16.5. The third-order valence-electron chi connectivity index (χ3n) is 3.80. The molecule has 1 saturated heterocycles. The quantitative estimate of drug-likeness (QED) is 0.837. The summed E-state index contributed by atoms with van der Waals surface area (Å²) in [6.07, 6.45) is 1.71. The van der Waals surface area contributed by atoms with Crippen molar-refractivity contribution >= 4 is 0 Å². The molecule has 0 atom stereocenters. The molecule has 2 heterocycles. The van der Waals surface area contributed by atoms with Crippen LogP contribution in [0.1, 0.15) is 17.0 Å². The fraction of sp³-hybridized carbons (Fsp3) is 0.312. The zero-order chi connectivity index (χ0) is 14.2. The summed E-state index contributed by atoms with van der Waals surface area (Å²) in [5.41, 5.74) is 3.70. The molecule has 0 N–H and O–H groups in total. The van der Waals surface area contributed by atoms with Gasteiger partial charge in [0.1, 0.15) is 0 Å². The molecule has 2 aromatic rings. The number of nitrogens with zero attached hydrogens (tertiary/aromatic N) is 3. The van der Waals surface area contributed by atoms with Gasteiger partial charge in [0.2, 0.25) is 0 Å². The lowest BCUT2D eigenvalue weighted by molar-refractivity contribution is -0.0338. The molecule has 3 rings (SSSR count). The van der Waals surface area contributed by atoms with E-state index in [1.54, 1.807) is 6.20 Å². The zero-order valence-corrected chi connectivity index (χ0v) is 11.6. The van der Waals surface area contributed by atoms with Crippen molar-refractivity contribution in [3.05, 3.63) is 47.4 Å². The molecule has 4 heteroatoms. The average Bonchev–Trinajstić information content (AvgIpc) is 2.42. The van der Waals surface area contributed by atoms with E-state index in [9.17, 15) is 5.26 Å². The van der Waals surface area contributed by atoms with Gasteiger partial charge in [0.05, 0.1) is 25.0 Å². The smallest absolute Gasteiger partial charge is 0.163 e. The van der Waals surface area contributed by atoms with E-state index >= 15 is 0 Å². The molecule has 1 fully saturated rings. The second-order valence-electron chi connectivity index (χ2n) is 5.25. The number of rotatable bonds is 2. The number of benzene rings is 1. The van der Waals surface area contributed by atoms with Crippen LogP contribution < -0.4 is 0 Å². The van der Waals surface area contributed by atoms with Crippen molar-refractivity contribution < 1.29 is 4.74 Å². The molecule has 1 aliphatic heterocycles. The van der Waals surface area contributed by atoms with Crippen LogP contribution in [0.4, 0.5) is 0 Å². The van der Waals surface area contributed by atoms with Crippen LogP contribution in [0.25, 0.3) is 11.3 Å². The first-order valence-corrected chi connectivity index (χ1v) is 6.55. The van der Waals surface area contributed by atoms with Gasteiger partial charge in [0.25, 0.3) is 0 Å². The first kappa shape index (κ1) is 12.8. The first-order valence-electron chi connectivity index (χ1n) is 6.55. The predicted molar refractivity (Wildman–Crippen MR) is 75.1 cm³/mol. The molecular weight excluding hydrogens is 250 g/mol. The van der Waals surface area contributed by atoms with Crippen LogP contribution in [0.15, 0.2) is 30.5 Å². The van der Waals surface area contributed by atoms with Crippen molar-refractivity contribution in [3.8, 4) is 17.3 Å². The summed E-state index contributed by atoms with van der Waals surface area (Å²) in [7, 11) is 0. The summed E-state index contributed by atoms with van der Waals surface area (Å²) in [6.45, 7) is 4.91. The van der Waals surface area contributed by atoms with E-state index in [0.717, 1.165) is 11.3 Å². The maximum atomic E-state index is 9.32. The van der Waals surface area contributed by atoms with Gasteiger partial charge in [-0.3, -0.25) is 0 Å². The van der Waals surface area contributed by atoms with Crippen LogP contribution in [-0.2, 0) is 10.2 Å². The van der Waals surface area contributed by atoms with Crippen LogP contribution in [0, 0.1) is 25.2 Å². The first-order chi connectivity index (χ1) is 9.64. The number of nitriles is 1. The Hall–Kier alpha value is -2.25. The number of hydrogen-bond acceptors (Lipinski definition) is 4. The van der Waals surface area contributed by atoms with Crippen molar-refractivity contribution in [1.82, 2.24) is 9.97 Å². The summed E-state index contributed by atoms with van der Waals surface area (Å²) in [6, 6.07) is 10.4. The third-order valence-corrected chi connectivity index (χ3v) is 3.80. The minimum Gasteiger partial charge on any atom is -0.377 e. The SMILES string of the molecule is Cc1ccc(-c2ccnc(C3(C#N)COC3)n2)cc1C. The third kappa shape index (κ3) is 1.97. The Labute approximate surface area is 118 Å². The normalized spacial score (nSPS) is 16.2. The Bertz CT molecular complexity index is 699. The lowest BCUT2D eigenvalue weighted by Crippen LogP contribution is -2.46. The summed E-state index contributed by atoms with van der Waals surface area (Å²) in [5.74, 6) is 0.557. The highest BCUT2D eigenvalue weighted by molar-refractivity contribution is 5.60. The van der Waals surface area contributed by atoms with Crippen LogP contribution >= 0.6 is 0 Å². The van der Waals surface area contributed by atoms with E-state index in [-0.39, 0.29) is 0 Å². The van der Waals surface area contributed by atoms with Crippen LogP contribution in [0.3, 0.4) is 0 Å². The highest BCUT2D eigenvalue weighted by Crippen LogP contribution is 2.30. The molecule has 0 unspecified atom stereocenters. The van der Waals surface area contributed by atoms with Crippen molar-refractivity contribution in [1.29, 1.82) is 5.26 Å². The van der Waals surface area contributed by atoms with Gasteiger partial charge in [-0.05, 0) is 37.1 Å². The molecule has 20 heavy (non-hydrogen) atoms. The summed E-state index contributed by atoms with van der Waals surface area (Å²) < 4.78 is 5.16. The Kier molecular flexibility index (Phi) is 3.00. The second kappa shape index (κ2) is 4.69. The number of aryl methyl sites for hydroxylation is 2. The van der Waals surface area contributed by atoms with E-state index in [4.69, 9.17) is 4.74 Å². The predicted octanol–water partition coefficient (Wildman–Crippen LogP) is 2.55. The monoisotopic (exact) mass is 265 g/mol. The Balaban J connectivity index is 2.03. The zero-order valence-electron chi connectivity index (χ0n) is 11.6. The minimum atomic E-state index is -0.671. The summed E-state index contributed by atoms with van der Waals surface area (Å²) in [5, 5.41) is 9.32. The molecule has 0 bridgehead atoms. The number of hydrogen-bond donors (Lipinski definition) is 0. The van der Waals surface area contributed by atoms with E-state index in [1.807, 2.05) is 12.1 Å². The van der Waals surface area contributed by atoms with E-state index < -0.39 is 5.41 Å². The van der Waals surface area contributed by atoms with Gasteiger partial charge in [0.15, 0.2) is 11.2 Å². The molecule has 0 saturated carbocycles. The van der Waals surface area contributed by atoms with E-state index in [2.05, 4.69) is 42.0 Å². The molecule has 1 aliphatic rings. The number of ether oxygens (including phenoxy) is 1. The molecule has 0 radical (unpaired) electrons. The van der Waals surface area contributed by atoms with Gasteiger partial charge in [-0.25, -0.2) is 9.97 Å². The van der Waals surface area contributed by atoms with Crippen LogP contribution in [0.5, 0.6) is 0 Å². The molecule has 100 valence electrons. The average molecular weight is 265 g/mol. The van der Waals surface area contributed by atoms with Gasteiger partial charge >= 0.3 is 0 Å². The molecule has 4 nitrogen and oxygen atoms in total. The summed E-state index contributed by atoms with van der Waals surface area (Å²) in [4.78, 5) is 8.82. The maximum absolute atomic E-state index is 9.32. The fourth-order valence-corrected chi connectivity index (χ4v) is 2.20. The lowest BCUT2D eigenvalue weighted by atomic mass is 9.86.